The zero-order valence-electron chi connectivity index (χ0n) is 12.1. The van der Waals surface area contributed by atoms with Crippen molar-refractivity contribution in [1.29, 1.82) is 0 Å². The predicted octanol–water partition coefficient (Wildman–Crippen LogP) is 4.20. The van der Waals surface area contributed by atoms with Crippen LogP contribution in [0.5, 0.6) is 0 Å². The summed E-state index contributed by atoms with van der Waals surface area (Å²) in [6.45, 7) is 4.18. The number of carbonyl (C=O) groups excluding carboxylic acids is 1. The Labute approximate surface area is 129 Å². The van der Waals surface area contributed by atoms with Crippen molar-refractivity contribution >= 4 is 28.9 Å². The third-order valence-corrected chi connectivity index (χ3v) is 3.34. The van der Waals surface area contributed by atoms with E-state index in [2.05, 4.69) is 29.5 Å². The molecular formula is C16H18ClN3O. The van der Waals surface area contributed by atoms with Crippen molar-refractivity contribution in [3.63, 3.8) is 0 Å². The molecule has 1 aromatic heterocycles. The first-order valence-electron chi connectivity index (χ1n) is 6.87. The molecule has 0 radical (unpaired) electrons. The first-order valence-corrected chi connectivity index (χ1v) is 7.24. The van der Waals surface area contributed by atoms with Crippen LogP contribution in [0.15, 0.2) is 42.7 Å². The van der Waals surface area contributed by atoms with Crippen molar-refractivity contribution in [3.8, 4) is 0 Å². The van der Waals surface area contributed by atoms with Gasteiger partial charge in [0.05, 0.1) is 11.3 Å². The van der Waals surface area contributed by atoms with E-state index in [1.54, 1.807) is 42.7 Å². The van der Waals surface area contributed by atoms with E-state index in [0.29, 0.717) is 22.3 Å². The number of benzene rings is 1. The second-order valence-corrected chi connectivity index (χ2v) is 5.32. The molecule has 1 atom stereocenters. The second-order valence-electron chi connectivity index (χ2n) is 4.88. The van der Waals surface area contributed by atoms with Gasteiger partial charge in [-0.05, 0) is 37.6 Å². The topological polar surface area (TPSA) is 54.0 Å². The van der Waals surface area contributed by atoms with Gasteiger partial charge in [-0.2, -0.15) is 0 Å². The number of nitrogens with zero attached hydrogens (tertiary/aromatic N) is 1. The first kappa shape index (κ1) is 15.3. The zero-order valence-corrected chi connectivity index (χ0v) is 12.8. The minimum absolute atomic E-state index is 0.211. The van der Waals surface area contributed by atoms with Gasteiger partial charge < -0.3 is 10.6 Å². The molecule has 1 amide bonds. The Morgan fingerprint density at radius 1 is 1.29 bits per heavy atom. The molecule has 0 saturated carbocycles. The van der Waals surface area contributed by atoms with E-state index >= 15 is 0 Å². The lowest BCUT2D eigenvalue weighted by atomic mass is 10.2. The number of hydrogen-bond donors (Lipinski definition) is 2. The van der Waals surface area contributed by atoms with Gasteiger partial charge in [-0.3, -0.25) is 9.78 Å². The maximum Gasteiger partial charge on any atom is 0.257 e. The highest BCUT2D eigenvalue weighted by Gasteiger charge is 2.08. The molecule has 1 aromatic carbocycles. The molecule has 0 aliphatic carbocycles. The summed E-state index contributed by atoms with van der Waals surface area (Å²) >= 11 is 5.90. The lowest BCUT2D eigenvalue weighted by Gasteiger charge is -2.13. The number of rotatable bonds is 5. The van der Waals surface area contributed by atoms with Gasteiger partial charge in [0.2, 0.25) is 0 Å². The maximum atomic E-state index is 12.2. The molecule has 0 aliphatic heterocycles. The van der Waals surface area contributed by atoms with Crippen LogP contribution in [0.2, 0.25) is 5.02 Å². The van der Waals surface area contributed by atoms with Gasteiger partial charge >= 0.3 is 0 Å². The summed E-state index contributed by atoms with van der Waals surface area (Å²) in [6, 6.07) is 9.16. The molecular weight excluding hydrogens is 286 g/mol. The largest absolute Gasteiger partial charge is 0.381 e. The molecule has 2 aromatic rings. The van der Waals surface area contributed by atoms with Gasteiger partial charge in [0.1, 0.15) is 0 Å². The van der Waals surface area contributed by atoms with E-state index in [1.165, 1.54) is 0 Å². The lowest BCUT2D eigenvalue weighted by molar-refractivity contribution is 0.102. The Balaban J connectivity index is 2.10. The molecule has 21 heavy (non-hydrogen) atoms. The van der Waals surface area contributed by atoms with E-state index in [1.807, 2.05) is 0 Å². The van der Waals surface area contributed by atoms with Crippen molar-refractivity contribution in [1.82, 2.24) is 4.98 Å². The van der Waals surface area contributed by atoms with Gasteiger partial charge in [-0.15, -0.1) is 0 Å². The summed E-state index contributed by atoms with van der Waals surface area (Å²) in [5.74, 6) is -0.211. The summed E-state index contributed by atoms with van der Waals surface area (Å²) in [4.78, 5) is 16.3. The van der Waals surface area contributed by atoms with Crippen LogP contribution in [0.1, 0.15) is 30.6 Å². The van der Waals surface area contributed by atoms with Crippen molar-refractivity contribution < 1.29 is 4.79 Å². The standard InChI is InChI=1S/C16H18ClN3O/c1-3-11(2)19-15-7-12(9-18-10-15)16(21)20-14-6-4-5-13(17)8-14/h4-11,19H,3H2,1-2H3,(H,20,21). The molecule has 0 saturated heterocycles. The fourth-order valence-corrected chi connectivity index (χ4v) is 1.99. The van der Waals surface area contributed by atoms with Crippen LogP contribution < -0.4 is 10.6 Å². The number of aromatic nitrogens is 1. The monoisotopic (exact) mass is 303 g/mol. The van der Waals surface area contributed by atoms with Crippen LogP contribution in [0.4, 0.5) is 11.4 Å². The molecule has 110 valence electrons. The number of pyridine rings is 1. The SMILES string of the molecule is CCC(C)Nc1cncc(C(=O)Nc2cccc(Cl)c2)c1. The molecule has 0 spiro atoms. The van der Waals surface area contributed by atoms with Crippen molar-refractivity contribution in [2.45, 2.75) is 26.3 Å². The molecule has 0 bridgehead atoms. The van der Waals surface area contributed by atoms with Gasteiger partial charge in [0, 0.05) is 29.1 Å². The maximum absolute atomic E-state index is 12.2. The van der Waals surface area contributed by atoms with Crippen molar-refractivity contribution in [2.24, 2.45) is 0 Å². The van der Waals surface area contributed by atoms with Gasteiger partial charge in [0.15, 0.2) is 0 Å². The predicted molar refractivity (Wildman–Crippen MR) is 87.0 cm³/mol. The van der Waals surface area contributed by atoms with Crippen LogP contribution in [-0.4, -0.2) is 16.9 Å². The quantitative estimate of drug-likeness (QED) is 0.870. The Bertz CT molecular complexity index is 630. The number of anilines is 2. The summed E-state index contributed by atoms with van der Waals surface area (Å²) in [5.41, 5.74) is 2.00. The van der Waals surface area contributed by atoms with Crippen LogP contribution in [0.3, 0.4) is 0 Å². The van der Waals surface area contributed by atoms with Crippen LogP contribution in [0.25, 0.3) is 0 Å². The average Bonchev–Trinajstić information content (AvgIpc) is 2.47. The lowest BCUT2D eigenvalue weighted by Crippen LogP contribution is -2.16. The number of nitrogens with one attached hydrogen (secondary N) is 2. The molecule has 1 unspecified atom stereocenters. The summed E-state index contributed by atoms with van der Waals surface area (Å²) in [7, 11) is 0. The fraction of sp³-hybridized carbons (Fsp3) is 0.250. The van der Waals surface area contributed by atoms with Crippen molar-refractivity contribution in [2.75, 3.05) is 10.6 Å². The minimum Gasteiger partial charge on any atom is -0.381 e. The minimum atomic E-state index is -0.211. The summed E-state index contributed by atoms with van der Waals surface area (Å²) < 4.78 is 0. The zero-order chi connectivity index (χ0) is 15.2. The molecule has 4 nitrogen and oxygen atoms in total. The summed E-state index contributed by atoms with van der Waals surface area (Å²) in [6.07, 6.45) is 4.25. The Morgan fingerprint density at radius 3 is 2.81 bits per heavy atom. The van der Waals surface area contributed by atoms with E-state index in [-0.39, 0.29) is 5.91 Å². The van der Waals surface area contributed by atoms with Gasteiger partial charge in [-0.1, -0.05) is 24.6 Å². The normalized spacial score (nSPS) is 11.8. The molecule has 5 heteroatoms. The molecule has 0 aliphatic rings. The van der Waals surface area contributed by atoms with E-state index < -0.39 is 0 Å². The molecule has 2 N–H and O–H groups in total. The van der Waals surface area contributed by atoms with Gasteiger partial charge in [0.25, 0.3) is 5.91 Å². The van der Waals surface area contributed by atoms with E-state index in [4.69, 9.17) is 11.6 Å². The molecule has 1 heterocycles. The summed E-state index contributed by atoms with van der Waals surface area (Å²) in [5, 5.41) is 6.68. The number of amides is 1. The van der Waals surface area contributed by atoms with E-state index in [9.17, 15) is 4.79 Å². The first-order chi connectivity index (χ1) is 10.1. The Morgan fingerprint density at radius 2 is 2.10 bits per heavy atom. The van der Waals surface area contributed by atoms with Gasteiger partial charge in [-0.25, -0.2) is 0 Å². The highest BCUT2D eigenvalue weighted by Crippen LogP contribution is 2.17. The number of hydrogen-bond acceptors (Lipinski definition) is 3. The number of carbonyl (C=O) groups is 1. The van der Waals surface area contributed by atoms with Crippen LogP contribution in [-0.2, 0) is 0 Å². The van der Waals surface area contributed by atoms with E-state index in [0.717, 1.165) is 12.1 Å². The fourth-order valence-electron chi connectivity index (χ4n) is 1.80. The smallest absolute Gasteiger partial charge is 0.257 e. The highest BCUT2D eigenvalue weighted by molar-refractivity contribution is 6.30. The van der Waals surface area contributed by atoms with Crippen LogP contribution in [0, 0.1) is 0 Å². The van der Waals surface area contributed by atoms with Crippen LogP contribution >= 0.6 is 11.6 Å². The van der Waals surface area contributed by atoms with Crippen molar-refractivity contribution in [3.05, 3.63) is 53.3 Å². The highest BCUT2D eigenvalue weighted by atomic mass is 35.5. The Kier molecular flexibility index (Phi) is 5.17. The Hall–Kier alpha value is -2.07. The molecule has 2 rings (SSSR count). The third kappa shape index (κ3) is 4.46. The average molecular weight is 304 g/mol. The third-order valence-electron chi connectivity index (χ3n) is 3.11. The number of halogens is 1. The second kappa shape index (κ2) is 7.09. The molecule has 0 fully saturated rings.